The van der Waals surface area contributed by atoms with Crippen LogP contribution in [0.2, 0.25) is 0 Å². The van der Waals surface area contributed by atoms with Crippen molar-refractivity contribution in [3.63, 3.8) is 0 Å². The van der Waals surface area contributed by atoms with Gasteiger partial charge in [0.2, 0.25) is 15.9 Å². The van der Waals surface area contributed by atoms with Crippen LogP contribution in [-0.4, -0.2) is 40.8 Å². The van der Waals surface area contributed by atoms with Gasteiger partial charge in [-0.3, -0.25) is 4.79 Å². The molecule has 0 fully saturated rings. The number of aryl methyl sites for hydroxylation is 1. The molecule has 2 N–H and O–H groups in total. The quantitative estimate of drug-likeness (QED) is 0.482. The van der Waals surface area contributed by atoms with E-state index in [-0.39, 0.29) is 18.1 Å². The summed E-state index contributed by atoms with van der Waals surface area (Å²) >= 11 is 0. The van der Waals surface area contributed by atoms with Gasteiger partial charge in [-0.15, -0.1) is 6.58 Å². The summed E-state index contributed by atoms with van der Waals surface area (Å²) in [6.45, 7) is 3.60. The van der Waals surface area contributed by atoms with Crippen LogP contribution in [0, 0.1) is 0 Å². The van der Waals surface area contributed by atoms with Gasteiger partial charge in [0.15, 0.2) is 9.84 Å². The standard InChI is InChI=1S/C21H26N2O5S2/c1-2-14-22-30(27,28)16-19-10-12-20(13-11-19)23-21(24)17-29(25,26)15-6-9-18-7-4-3-5-8-18/h2-5,7-8,10-13,22H,1,6,9,14-17H2,(H,23,24). The van der Waals surface area contributed by atoms with Crippen LogP contribution in [-0.2, 0) is 36.8 Å². The molecule has 0 radical (unpaired) electrons. The predicted molar refractivity (Wildman–Crippen MR) is 119 cm³/mol. The van der Waals surface area contributed by atoms with E-state index in [9.17, 15) is 21.6 Å². The van der Waals surface area contributed by atoms with Crippen LogP contribution >= 0.6 is 0 Å². The Labute approximate surface area is 178 Å². The Kier molecular flexibility index (Phi) is 8.76. The number of rotatable bonds is 12. The molecule has 0 heterocycles. The number of benzene rings is 2. The zero-order chi connectivity index (χ0) is 22.0. The van der Waals surface area contributed by atoms with E-state index in [0.29, 0.717) is 24.1 Å². The molecule has 0 aliphatic carbocycles. The first kappa shape index (κ1) is 23.8. The monoisotopic (exact) mass is 450 g/mol. The molecule has 0 aliphatic rings. The fraction of sp³-hybridized carbons (Fsp3) is 0.286. The lowest BCUT2D eigenvalue weighted by atomic mass is 10.1. The first-order valence-electron chi connectivity index (χ1n) is 9.40. The van der Waals surface area contributed by atoms with Crippen LogP contribution in [0.5, 0.6) is 0 Å². The number of nitrogens with one attached hydrogen (secondary N) is 2. The van der Waals surface area contributed by atoms with Crippen molar-refractivity contribution in [2.45, 2.75) is 18.6 Å². The molecular weight excluding hydrogens is 424 g/mol. The van der Waals surface area contributed by atoms with Gasteiger partial charge < -0.3 is 5.32 Å². The number of hydrogen-bond acceptors (Lipinski definition) is 5. The fourth-order valence-corrected chi connectivity index (χ4v) is 5.06. The first-order chi connectivity index (χ1) is 14.2. The molecule has 0 aromatic heterocycles. The predicted octanol–water partition coefficient (Wildman–Crippen LogP) is 2.28. The minimum Gasteiger partial charge on any atom is -0.325 e. The lowest BCUT2D eigenvalue weighted by Crippen LogP contribution is -2.25. The molecule has 9 heteroatoms. The largest absolute Gasteiger partial charge is 0.325 e. The molecule has 2 aromatic carbocycles. The highest BCUT2D eigenvalue weighted by Crippen LogP contribution is 2.12. The van der Waals surface area contributed by atoms with Gasteiger partial charge in [0.05, 0.1) is 11.5 Å². The minimum atomic E-state index is -3.52. The van der Waals surface area contributed by atoms with Crippen molar-refractivity contribution < 1.29 is 21.6 Å². The molecule has 162 valence electrons. The summed E-state index contributed by atoms with van der Waals surface area (Å²) in [5.41, 5.74) is 2.00. The summed E-state index contributed by atoms with van der Waals surface area (Å²) < 4.78 is 50.4. The Balaban J connectivity index is 1.82. The van der Waals surface area contributed by atoms with Gasteiger partial charge in [0.1, 0.15) is 5.75 Å². The van der Waals surface area contributed by atoms with E-state index in [1.54, 1.807) is 12.1 Å². The van der Waals surface area contributed by atoms with Crippen molar-refractivity contribution in [2.75, 3.05) is 23.4 Å². The average molecular weight is 451 g/mol. The van der Waals surface area contributed by atoms with E-state index < -0.39 is 31.5 Å². The zero-order valence-electron chi connectivity index (χ0n) is 16.6. The third-order valence-electron chi connectivity index (χ3n) is 4.16. The van der Waals surface area contributed by atoms with Crippen molar-refractivity contribution >= 4 is 31.5 Å². The van der Waals surface area contributed by atoms with E-state index in [1.165, 1.54) is 18.2 Å². The highest BCUT2D eigenvalue weighted by Gasteiger charge is 2.17. The Morgan fingerprint density at radius 3 is 2.23 bits per heavy atom. The smallest absolute Gasteiger partial charge is 0.239 e. The Hall–Kier alpha value is -2.49. The molecule has 0 aliphatic heterocycles. The van der Waals surface area contributed by atoms with Gasteiger partial charge in [-0.1, -0.05) is 48.5 Å². The van der Waals surface area contributed by atoms with Gasteiger partial charge in [0, 0.05) is 12.2 Å². The molecule has 1 amide bonds. The maximum absolute atomic E-state index is 12.2. The second-order valence-electron chi connectivity index (χ2n) is 6.82. The third-order valence-corrected chi connectivity index (χ3v) is 7.09. The van der Waals surface area contributed by atoms with Gasteiger partial charge >= 0.3 is 0 Å². The summed E-state index contributed by atoms with van der Waals surface area (Å²) in [6.07, 6.45) is 2.53. The number of sulfonamides is 1. The van der Waals surface area contributed by atoms with Crippen molar-refractivity contribution in [1.82, 2.24) is 4.72 Å². The van der Waals surface area contributed by atoms with Crippen molar-refractivity contribution in [3.05, 3.63) is 78.4 Å². The highest BCUT2D eigenvalue weighted by molar-refractivity contribution is 7.92. The number of carbonyl (C=O) groups excluding carboxylic acids is 1. The highest BCUT2D eigenvalue weighted by atomic mass is 32.2. The van der Waals surface area contributed by atoms with Crippen LogP contribution < -0.4 is 10.0 Å². The molecule has 0 bridgehead atoms. The second kappa shape index (κ2) is 11.1. The minimum absolute atomic E-state index is 0.0657. The first-order valence-corrected chi connectivity index (χ1v) is 12.9. The maximum atomic E-state index is 12.2. The molecule has 2 rings (SSSR count). The van der Waals surface area contributed by atoms with Crippen LogP contribution in [0.1, 0.15) is 17.5 Å². The Morgan fingerprint density at radius 1 is 0.933 bits per heavy atom. The SMILES string of the molecule is C=CCNS(=O)(=O)Cc1ccc(NC(=O)CS(=O)(=O)CCCc2ccccc2)cc1. The number of amides is 1. The van der Waals surface area contributed by atoms with Crippen molar-refractivity contribution in [2.24, 2.45) is 0 Å². The Bertz CT molecular complexity index is 1050. The summed E-state index contributed by atoms with van der Waals surface area (Å²) in [5, 5.41) is 2.53. The topological polar surface area (TPSA) is 109 Å². The molecular formula is C21H26N2O5S2. The van der Waals surface area contributed by atoms with E-state index in [2.05, 4.69) is 16.6 Å². The molecule has 2 aromatic rings. The number of carbonyl (C=O) groups is 1. The summed E-state index contributed by atoms with van der Waals surface area (Å²) in [5.74, 6) is -1.49. The summed E-state index contributed by atoms with van der Waals surface area (Å²) in [6, 6.07) is 15.8. The van der Waals surface area contributed by atoms with E-state index in [0.717, 1.165) is 5.56 Å². The lowest BCUT2D eigenvalue weighted by Gasteiger charge is -2.08. The normalized spacial score (nSPS) is 11.7. The van der Waals surface area contributed by atoms with Crippen molar-refractivity contribution in [3.8, 4) is 0 Å². The summed E-state index contributed by atoms with van der Waals surface area (Å²) in [4.78, 5) is 12.1. The van der Waals surface area contributed by atoms with Gasteiger partial charge in [-0.25, -0.2) is 21.6 Å². The van der Waals surface area contributed by atoms with Crippen LogP contribution in [0.15, 0.2) is 67.3 Å². The zero-order valence-corrected chi connectivity index (χ0v) is 18.2. The summed E-state index contributed by atoms with van der Waals surface area (Å²) in [7, 11) is -6.99. The molecule has 0 saturated carbocycles. The number of anilines is 1. The third kappa shape index (κ3) is 8.89. The molecule has 0 unspecified atom stereocenters. The van der Waals surface area contributed by atoms with E-state index in [4.69, 9.17) is 0 Å². The van der Waals surface area contributed by atoms with E-state index >= 15 is 0 Å². The second-order valence-corrected chi connectivity index (χ2v) is 10.8. The molecule has 0 atom stereocenters. The molecule has 7 nitrogen and oxygen atoms in total. The fourth-order valence-electron chi connectivity index (χ4n) is 2.75. The number of sulfone groups is 1. The van der Waals surface area contributed by atoms with Gasteiger partial charge in [0.25, 0.3) is 0 Å². The van der Waals surface area contributed by atoms with Crippen molar-refractivity contribution in [1.29, 1.82) is 0 Å². The van der Waals surface area contributed by atoms with Crippen LogP contribution in [0.25, 0.3) is 0 Å². The van der Waals surface area contributed by atoms with Crippen LogP contribution in [0.3, 0.4) is 0 Å². The average Bonchev–Trinajstić information content (AvgIpc) is 2.68. The Morgan fingerprint density at radius 2 is 1.60 bits per heavy atom. The van der Waals surface area contributed by atoms with E-state index in [1.807, 2.05) is 30.3 Å². The van der Waals surface area contributed by atoms with Gasteiger partial charge in [-0.2, -0.15) is 0 Å². The van der Waals surface area contributed by atoms with Gasteiger partial charge in [-0.05, 0) is 36.1 Å². The molecule has 0 saturated heterocycles. The molecule has 0 spiro atoms. The van der Waals surface area contributed by atoms with Crippen LogP contribution in [0.4, 0.5) is 5.69 Å². The maximum Gasteiger partial charge on any atom is 0.239 e. The molecule has 30 heavy (non-hydrogen) atoms. The number of hydrogen-bond donors (Lipinski definition) is 2. The lowest BCUT2D eigenvalue weighted by molar-refractivity contribution is -0.113.